The first-order chi connectivity index (χ1) is 8.87. The van der Waals surface area contributed by atoms with Crippen molar-refractivity contribution < 1.29 is 14.7 Å². The monoisotopic (exact) mass is 285 g/mol. The quantitative estimate of drug-likeness (QED) is 0.744. The second-order valence-corrected chi connectivity index (χ2v) is 5.88. The van der Waals surface area contributed by atoms with Crippen LogP contribution in [0.1, 0.15) is 36.6 Å². The maximum Gasteiger partial charge on any atom is 0.329 e. The van der Waals surface area contributed by atoms with E-state index in [1.165, 1.54) is 18.3 Å². The van der Waals surface area contributed by atoms with Crippen molar-refractivity contribution in [2.24, 2.45) is 0 Å². The number of carboxylic acids is 1. The molecule has 19 heavy (non-hydrogen) atoms. The summed E-state index contributed by atoms with van der Waals surface area (Å²) in [7, 11) is 0. The highest BCUT2D eigenvalue weighted by atomic mass is 32.1. The zero-order valence-electron chi connectivity index (χ0n) is 11.3. The van der Waals surface area contributed by atoms with Crippen LogP contribution in [0.4, 0.5) is 4.79 Å². The predicted molar refractivity (Wildman–Crippen MR) is 73.2 cm³/mol. The van der Waals surface area contributed by atoms with Crippen molar-refractivity contribution in [1.82, 2.24) is 15.6 Å². The van der Waals surface area contributed by atoms with Crippen molar-refractivity contribution in [3.8, 4) is 0 Å². The normalized spacial score (nSPS) is 13.6. The minimum Gasteiger partial charge on any atom is -0.480 e. The molecule has 1 aromatic heterocycles. The molecule has 0 saturated heterocycles. The number of aliphatic carboxylic acids is 1. The van der Waals surface area contributed by atoms with Crippen LogP contribution >= 0.6 is 11.3 Å². The van der Waals surface area contributed by atoms with Crippen LogP contribution in [0.5, 0.6) is 0 Å². The van der Waals surface area contributed by atoms with Crippen molar-refractivity contribution in [3.63, 3.8) is 0 Å². The van der Waals surface area contributed by atoms with E-state index in [9.17, 15) is 9.59 Å². The smallest absolute Gasteiger partial charge is 0.329 e. The van der Waals surface area contributed by atoms with Crippen LogP contribution in [0.2, 0.25) is 0 Å². The largest absolute Gasteiger partial charge is 0.480 e. The summed E-state index contributed by atoms with van der Waals surface area (Å²) in [5, 5.41) is 15.1. The van der Waals surface area contributed by atoms with Gasteiger partial charge in [0.15, 0.2) is 0 Å². The molecular weight excluding hydrogens is 266 g/mol. The molecule has 0 aliphatic heterocycles. The molecule has 0 aromatic carbocycles. The van der Waals surface area contributed by atoms with Crippen molar-refractivity contribution in [1.29, 1.82) is 0 Å². The second-order valence-electron chi connectivity index (χ2n) is 4.56. The van der Waals surface area contributed by atoms with E-state index in [-0.39, 0.29) is 0 Å². The van der Waals surface area contributed by atoms with Crippen LogP contribution in [0, 0.1) is 6.92 Å². The summed E-state index contributed by atoms with van der Waals surface area (Å²) in [5.74, 6) is -1.03. The number of urea groups is 1. The molecule has 0 bridgehead atoms. The summed E-state index contributed by atoms with van der Waals surface area (Å²) in [6.45, 7) is 5.61. The standard InChI is InChI=1S/C12H19N3O3S/c1-4-5-12(3,10(16)17)15-11(18)14-7-9-13-6-8(2)19-9/h6H,4-5,7H2,1-3H3,(H,16,17)(H2,14,15,18). The molecule has 106 valence electrons. The Hall–Kier alpha value is -1.63. The third-order valence-corrected chi connectivity index (χ3v) is 3.59. The molecule has 0 radical (unpaired) electrons. The highest BCUT2D eigenvalue weighted by Gasteiger charge is 2.33. The van der Waals surface area contributed by atoms with E-state index in [4.69, 9.17) is 5.11 Å². The van der Waals surface area contributed by atoms with Crippen molar-refractivity contribution in [3.05, 3.63) is 16.1 Å². The molecule has 1 heterocycles. The molecule has 1 aromatic rings. The third-order valence-electron chi connectivity index (χ3n) is 2.68. The molecule has 0 saturated carbocycles. The minimum absolute atomic E-state index is 0.298. The number of nitrogens with one attached hydrogen (secondary N) is 2. The van der Waals surface area contributed by atoms with Gasteiger partial charge in [-0.25, -0.2) is 14.6 Å². The Bertz CT molecular complexity index is 461. The summed E-state index contributed by atoms with van der Waals surface area (Å²) in [4.78, 5) is 28.1. The van der Waals surface area contributed by atoms with E-state index >= 15 is 0 Å². The summed E-state index contributed by atoms with van der Waals surface area (Å²) >= 11 is 1.49. The zero-order chi connectivity index (χ0) is 14.5. The highest BCUT2D eigenvalue weighted by molar-refractivity contribution is 7.11. The number of hydrogen-bond donors (Lipinski definition) is 3. The number of carboxylic acid groups (broad SMARTS) is 1. The number of carbonyl (C=O) groups is 2. The van der Waals surface area contributed by atoms with Gasteiger partial charge in [0.25, 0.3) is 0 Å². The summed E-state index contributed by atoms with van der Waals surface area (Å²) in [6, 6.07) is -0.494. The zero-order valence-corrected chi connectivity index (χ0v) is 12.1. The molecule has 1 rings (SSSR count). The van der Waals surface area contributed by atoms with Gasteiger partial charge in [-0.1, -0.05) is 13.3 Å². The summed E-state index contributed by atoms with van der Waals surface area (Å²) in [5.41, 5.74) is -1.24. The van der Waals surface area contributed by atoms with E-state index in [0.29, 0.717) is 19.4 Å². The molecule has 0 aliphatic carbocycles. The number of hydrogen-bond acceptors (Lipinski definition) is 4. The lowest BCUT2D eigenvalue weighted by molar-refractivity contribution is -0.144. The first-order valence-electron chi connectivity index (χ1n) is 6.08. The van der Waals surface area contributed by atoms with Gasteiger partial charge in [0, 0.05) is 11.1 Å². The first-order valence-corrected chi connectivity index (χ1v) is 6.89. The highest BCUT2D eigenvalue weighted by Crippen LogP contribution is 2.13. The van der Waals surface area contributed by atoms with Crippen LogP contribution in [0.25, 0.3) is 0 Å². The average Bonchev–Trinajstić information content (AvgIpc) is 2.72. The number of thiazole rings is 1. The number of aryl methyl sites for hydroxylation is 1. The van der Waals surface area contributed by atoms with Gasteiger partial charge in [-0.05, 0) is 20.3 Å². The molecule has 2 amide bonds. The van der Waals surface area contributed by atoms with Crippen LogP contribution in [-0.4, -0.2) is 27.6 Å². The van der Waals surface area contributed by atoms with Crippen LogP contribution < -0.4 is 10.6 Å². The Kier molecular flexibility index (Phi) is 5.29. The first kappa shape index (κ1) is 15.4. The second kappa shape index (κ2) is 6.51. The third kappa shape index (κ3) is 4.51. The molecule has 1 unspecified atom stereocenters. The van der Waals surface area contributed by atoms with Gasteiger partial charge in [-0.3, -0.25) is 0 Å². The van der Waals surface area contributed by atoms with E-state index in [1.807, 2.05) is 13.8 Å². The predicted octanol–water partition coefficient (Wildman–Crippen LogP) is 1.89. The van der Waals surface area contributed by atoms with Crippen LogP contribution in [-0.2, 0) is 11.3 Å². The molecule has 3 N–H and O–H groups in total. The Labute approximate surface area is 116 Å². The van der Waals surface area contributed by atoms with Gasteiger partial charge in [0.2, 0.25) is 0 Å². The molecule has 0 fully saturated rings. The number of rotatable bonds is 6. The van der Waals surface area contributed by atoms with E-state index in [0.717, 1.165) is 9.88 Å². The fourth-order valence-corrected chi connectivity index (χ4v) is 2.38. The fourth-order valence-electron chi connectivity index (χ4n) is 1.66. The van der Waals surface area contributed by atoms with Gasteiger partial charge in [-0.15, -0.1) is 11.3 Å². The van der Waals surface area contributed by atoms with Gasteiger partial charge >= 0.3 is 12.0 Å². The average molecular weight is 285 g/mol. The Morgan fingerprint density at radius 3 is 2.68 bits per heavy atom. The fraction of sp³-hybridized carbons (Fsp3) is 0.583. The molecule has 0 spiro atoms. The van der Waals surface area contributed by atoms with Gasteiger partial charge in [-0.2, -0.15) is 0 Å². The number of nitrogens with zero attached hydrogens (tertiary/aromatic N) is 1. The maximum atomic E-state index is 11.7. The molecule has 1 atom stereocenters. The van der Waals surface area contributed by atoms with E-state index < -0.39 is 17.5 Å². The lowest BCUT2D eigenvalue weighted by atomic mass is 9.97. The van der Waals surface area contributed by atoms with E-state index in [2.05, 4.69) is 15.6 Å². The van der Waals surface area contributed by atoms with Gasteiger partial charge < -0.3 is 15.7 Å². The minimum atomic E-state index is -1.24. The maximum absolute atomic E-state index is 11.7. The molecule has 0 aliphatic rings. The van der Waals surface area contributed by atoms with Crippen molar-refractivity contribution >= 4 is 23.3 Å². The lowest BCUT2D eigenvalue weighted by Gasteiger charge is -2.25. The number of amides is 2. The topological polar surface area (TPSA) is 91.3 Å². The Balaban J connectivity index is 2.51. The van der Waals surface area contributed by atoms with Crippen LogP contribution in [0.15, 0.2) is 6.20 Å². The Morgan fingerprint density at radius 1 is 1.53 bits per heavy atom. The van der Waals surface area contributed by atoms with Gasteiger partial charge in [0.1, 0.15) is 10.5 Å². The SMILES string of the molecule is CCCC(C)(NC(=O)NCc1ncc(C)s1)C(=O)O. The molecule has 7 heteroatoms. The molecular formula is C12H19N3O3S. The van der Waals surface area contributed by atoms with Crippen LogP contribution in [0.3, 0.4) is 0 Å². The Morgan fingerprint density at radius 2 is 2.21 bits per heavy atom. The summed E-state index contributed by atoms with van der Waals surface area (Å²) < 4.78 is 0. The number of aromatic nitrogens is 1. The molecule has 6 nitrogen and oxygen atoms in total. The lowest BCUT2D eigenvalue weighted by Crippen LogP contribution is -2.55. The van der Waals surface area contributed by atoms with E-state index in [1.54, 1.807) is 6.20 Å². The number of carbonyl (C=O) groups excluding carboxylic acids is 1. The van der Waals surface area contributed by atoms with Gasteiger partial charge in [0.05, 0.1) is 6.54 Å². The summed E-state index contributed by atoms with van der Waals surface area (Å²) in [6.07, 6.45) is 2.79. The van der Waals surface area contributed by atoms with Crippen molar-refractivity contribution in [2.75, 3.05) is 0 Å². The van der Waals surface area contributed by atoms with Crippen molar-refractivity contribution in [2.45, 2.75) is 45.7 Å².